The topological polar surface area (TPSA) is 72.7 Å². The van der Waals surface area contributed by atoms with Crippen LogP contribution in [0.4, 0.5) is 5.69 Å². The van der Waals surface area contributed by atoms with E-state index in [2.05, 4.69) is 20.8 Å². The summed E-state index contributed by atoms with van der Waals surface area (Å²) in [6.07, 6.45) is 0. The molecule has 0 spiro atoms. The highest BCUT2D eigenvalue weighted by atomic mass is 32.2. The Labute approximate surface area is 167 Å². The number of rotatable bonds is 5. The van der Waals surface area contributed by atoms with Crippen LogP contribution in [0.5, 0.6) is 0 Å². The Kier molecular flexibility index (Phi) is 5.08. The lowest BCUT2D eigenvalue weighted by atomic mass is 10.1. The summed E-state index contributed by atoms with van der Waals surface area (Å²) >= 11 is 1.32. The van der Waals surface area contributed by atoms with E-state index in [4.69, 9.17) is 0 Å². The highest BCUT2D eigenvalue weighted by Gasteiger charge is 2.20. The molecule has 4 rings (SSSR count). The van der Waals surface area contributed by atoms with E-state index < -0.39 is 0 Å². The normalized spacial score (nSPS) is 12.1. The van der Waals surface area contributed by atoms with Crippen molar-refractivity contribution in [1.29, 1.82) is 0 Å². The minimum Gasteiger partial charge on any atom is -0.325 e. The van der Waals surface area contributed by atoms with Gasteiger partial charge in [0.05, 0.1) is 10.9 Å². The Morgan fingerprint density at radius 1 is 1.04 bits per heavy atom. The van der Waals surface area contributed by atoms with Crippen molar-refractivity contribution in [2.24, 2.45) is 0 Å². The molecule has 1 atom stereocenters. The number of hydrogen-bond acceptors (Lipinski definition) is 5. The number of aryl methyl sites for hydroxylation is 1. The summed E-state index contributed by atoms with van der Waals surface area (Å²) in [5, 5.41) is 17.2. The van der Waals surface area contributed by atoms with Crippen molar-refractivity contribution in [1.82, 2.24) is 20.2 Å². The van der Waals surface area contributed by atoms with Crippen LogP contribution in [0, 0.1) is 6.92 Å². The molecule has 3 aromatic carbocycles. The van der Waals surface area contributed by atoms with Crippen LogP contribution in [-0.2, 0) is 4.79 Å². The Bertz CT molecular complexity index is 1120. The molecule has 140 valence electrons. The molecule has 1 aromatic heterocycles. The molecule has 4 aromatic rings. The summed E-state index contributed by atoms with van der Waals surface area (Å²) in [6, 6.07) is 21.8. The maximum Gasteiger partial charge on any atom is 0.237 e. The number of hydrogen-bond donors (Lipinski definition) is 1. The standard InChI is InChI=1S/C21H19N5OS/c1-14-10-12-17(13-11-14)26-21(23-24-25-26)28-15(2)20(27)22-19-9-5-7-16-6-3-4-8-18(16)19/h3-13,15H,1-2H3,(H,22,27)/t15-/m0/s1. The molecule has 0 aliphatic heterocycles. The van der Waals surface area contributed by atoms with Gasteiger partial charge in [-0.15, -0.1) is 5.10 Å². The summed E-state index contributed by atoms with van der Waals surface area (Å²) in [4.78, 5) is 12.8. The highest BCUT2D eigenvalue weighted by Crippen LogP contribution is 2.26. The number of nitrogens with zero attached hydrogens (tertiary/aromatic N) is 4. The minimum absolute atomic E-state index is 0.0974. The van der Waals surface area contributed by atoms with E-state index >= 15 is 0 Å². The van der Waals surface area contributed by atoms with Crippen molar-refractivity contribution in [3.8, 4) is 5.69 Å². The number of carbonyl (C=O) groups excluding carboxylic acids is 1. The Morgan fingerprint density at radius 3 is 2.61 bits per heavy atom. The zero-order valence-corrected chi connectivity index (χ0v) is 16.4. The molecule has 6 nitrogen and oxygen atoms in total. The zero-order chi connectivity index (χ0) is 19.5. The quantitative estimate of drug-likeness (QED) is 0.517. The molecule has 1 heterocycles. The van der Waals surface area contributed by atoms with Gasteiger partial charge in [0.2, 0.25) is 11.1 Å². The zero-order valence-electron chi connectivity index (χ0n) is 15.5. The van der Waals surface area contributed by atoms with E-state index in [1.807, 2.05) is 80.6 Å². The second-order valence-electron chi connectivity index (χ2n) is 6.48. The molecule has 0 aliphatic rings. The molecule has 0 bridgehead atoms. The maximum absolute atomic E-state index is 12.8. The highest BCUT2D eigenvalue weighted by molar-refractivity contribution is 8.00. The summed E-state index contributed by atoms with van der Waals surface area (Å²) in [5.74, 6) is -0.0974. The van der Waals surface area contributed by atoms with Gasteiger partial charge in [-0.2, -0.15) is 4.68 Å². The van der Waals surface area contributed by atoms with Crippen molar-refractivity contribution >= 4 is 34.1 Å². The molecular weight excluding hydrogens is 370 g/mol. The van der Waals surface area contributed by atoms with Crippen LogP contribution in [0.3, 0.4) is 0 Å². The van der Waals surface area contributed by atoms with Gasteiger partial charge < -0.3 is 5.32 Å². The third-order valence-corrected chi connectivity index (χ3v) is 5.45. The number of anilines is 1. The second kappa shape index (κ2) is 7.82. The van der Waals surface area contributed by atoms with Crippen molar-refractivity contribution in [2.45, 2.75) is 24.3 Å². The van der Waals surface area contributed by atoms with Crippen LogP contribution in [-0.4, -0.2) is 31.4 Å². The van der Waals surface area contributed by atoms with Gasteiger partial charge in [0.25, 0.3) is 0 Å². The Balaban J connectivity index is 1.51. The largest absolute Gasteiger partial charge is 0.325 e. The first-order chi connectivity index (χ1) is 13.6. The van der Waals surface area contributed by atoms with E-state index in [9.17, 15) is 4.79 Å². The molecule has 7 heteroatoms. The first-order valence-electron chi connectivity index (χ1n) is 8.92. The number of thioether (sulfide) groups is 1. The molecule has 0 unspecified atom stereocenters. The van der Waals surface area contributed by atoms with Gasteiger partial charge in [-0.25, -0.2) is 0 Å². The summed E-state index contributed by atoms with van der Waals surface area (Å²) in [5.41, 5.74) is 2.82. The van der Waals surface area contributed by atoms with E-state index in [1.54, 1.807) is 4.68 Å². The van der Waals surface area contributed by atoms with Gasteiger partial charge in [0.1, 0.15) is 0 Å². The first-order valence-corrected chi connectivity index (χ1v) is 9.80. The van der Waals surface area contributed by atoms with Crippen LogP contribution in [0.25, 0.3) is 16.5 Å². The fourth-order valence-corrected chi connectivity index (χ4v) is 3.69. The number of benzene rings is 3. The fraction of sp³-hybridized carbons (Fsp3) is 0.143. The van der Waals surface area contributed by atoms with Crippen molar-refractivity contribution in [2.75, 3.05) is 5.32 Å². The SMILES string of the molecule is Cc1ccc(-n2nnnc2S[C@@H](C)C(=O)Nc2cccc3ccccc23)cc1. The average molecular weight is 389 g/mol. The molecule has 28 heavy (non-hydrogen) atoms. The number of tetrazole rings is 1. The third kappa shape index (κ3) is 3.75. The Morgan fingerprint density at radius 2 is 1.79 bits per heavy atom. The molecular formula is C21H19N5OS. The van der Waals surface area contributed by atoms with Crippen LogP contribution in [0.1, 0.15) is 12.5 Å². The van der Waals surface area contributed by atoms with Crippen molar-refractivity contribution in [3.63, 3.8) is 0 Å². The van der Waals surface area contributed by atoms with Crippen LogP contribution < -0.4 is 5.32 Å². The summed E-state index contributed by atoms with van der Waals surface area (Å²) in [6.45, 7) is 3.87. The van der Waals surface area contributed by atoms with Crippen LogP contribution in [0.2, 0.25) is 0 Å². The fourth-order valence-electron chi connectivity index (χ4n) is 2.88. The first kappa shape index (κ1) is 18.2. The van der Waals surface area contributed by atoms with E-state index in [0.29, 0.717) is 5.16 Å². The van der Waals surface area contributed by atoms with Gasteiger partial charge in [-0.05, 0) is 47.9 Å². The van der Waals surface area contributed by atoms with Gasteiger partial charge in [-0.3, -0.25) is 4.79 Å². The second-order valence-corrected chi connectivity index (χ2v) is 7.79. The minimum atomic E-state index is -0.367. The van der Waals surface area contributed by atoms with Crippen molar-refractivity contribution in [3.05, 3.63) is 72.3 Å². The van der Waals surface area contributed by atoms with Crippen LogP contribution >= 0.6 is 11.8 Å². The number of aromatic nitrogens is 4. The van der Waals surface area contributed by atoms with E-state index in [0.717, 1.165) is 27.7 Å². The molecule has 0 saturated carbocycles. The molecule has 0 saturated heterocycles. The molecule has 0 radical (unpaired) electrons. The predicted octanol–water partition coefficient (Wildman–Crippen LogP) is 4.24. The smallest absolute Gasteiger partial charge is 0.237 e. The number of fused-ring (bicyclic) bond motifs is 1. The van der Waals surface area contributed by atoms with Gasteiger partial charge in [0.15, 0.2) is 0 Å². The van der Waals surface area contributed by atoms with E-state index in [-0.39, 0.29) is 11.2 Å². The van der Waals surface area contributed by atoms with Gasteiger partial charge in [0, 0.05) is 11.1 Å². The Hall–Kier alpha value is -3.19. The summed E-state index contributed by atoms with van der Waals surface area (Å²) < 4.78 is 1.64. The lowest BCUT2D eigenvalue weighted by Gasteiger charge is -2.13. The number of carbonyl (C=O) groups is 1. The van der Waals surface area contributed by atoms with Crippen molar-refractivity contribution < 1.29 is 4.79 Å². The molecule has 1 N–H and O–H groups in total. The van der Waals surface area contributed by atoms with Gasteiger partial charge >= 0.3 is 0 Å². The lowest BCUT2D eigenvalue weighted by molar-refractivity contribution is -0.115. The third-order valence-electron chi connectivity index (χ3n) is 4.42. The maximum atomic E-state index is 12.8. The number of nitrogens with one attached hydrogen (secondary N) is 1. The molecule has 1 amide bonds. The van der Waals surface area contributed by atoms with Crippen LogP contribution in [0.15, 0.2) is 71.9 Å². The monoisotopic (exact) mass is 389 g/mol. The lowest BCUT2D eigenvalue weighted by Crippen LogP contribution is -2.23. The van der Waals surface area contributed by atoms with Gasteiger partial charge in [-0.1, -0.05) is 65.9 Å². The molecule has 0 aliphatic carbocycles. The number of amides is 1. The summed E-state index contributed by atoms with van der Waals surface area (Å²) in [7, 11) is 0. The molecule has 0 fully saturated rings. The average Bonchev–Trinajstić information content (AvgIpc) is 3.17. The predicted molar refractivity (Wildman–Crippen MR) is 112 cm³/mol. The van der Waals surface area contributed by atoms with E-state index in [1.165, 1.54) is 11.8 Å².